The fourth-order valence-corrected chi connectivity index (χ4v) is 5.36. The third kappa shape index (κ3) is 4.60. The Morgan fingerprint density at radius 3 is 2.59 bits per heavy atom. The van der Waals surface area contributed by atoms with E-state index in [0.717, 1.165) is 35.8 Å². The summed E-state index contributed by atoms with van der Waals surface area (Å²) in [5.41, 5.74) is 1.000. The van der Waals surface area contributed by atoms with Crippen molar-refractivity contribution in [1.29, 1.82) is 0 Å². The first-order valence-electron chi connectivity index (χ1n) is 10.3. The van der Waals surface area contributed by atoms with Crippen molar-refractivity contribution in [2.75, 3.05) is 5.75 Å². The van der Waals surface area contributed by atoms with Crippen LogP contribution in [0.3, 0.4) is 0 Å². The summed E-state index contributed by atoms with van der Waals surface area (Å²) < 4.78 is 2.28. The Morgan fingerprint density at radius 2 is 1.85 bits per heavy atom. The highest BCUT2D eigenvalue weighted by molar-refractivity contribution is 7.99. The van der Waals surface area contributed by atoms with E-state index in [2.05, 4.69) is 19.7 Å². The fourth-order valence-electron chi connectivity index (χ4n) is 4.48. The second-order valence-electron chi connectivity index (χ2n) is 7.89. The van der Waals surface area contributed by atoms with Crippen molar-refractivity contribution in [3.63, 3.8) is 0 Å². The molecule has 2 fully saturated rings. The van der Waals surface area contributed by atoms with Gasteiger partial charge in [-0.05, 0) is 30.9 Å². The monoisotopic (exact) mass is 384 g/mol. The topological polar surface area (TPSA) is 60.7 Å². The lowest BCUT2D eigenvalue weighted by molar-refractivity contribution is -0.117. The van der Waals surface area contributed by atoms with E-state index in [0.29, 0.717) is 23.5 Å². The van der Waals surface area contributed by atoms with Gasteiger partial charge in [-0.1, -0.05) is 56.7 Å². The minimum Gasteiger partial charge on any atom is -0.299 e. The van der Waals surface area contributed by atoms with Crippen molar-refractivity contribution in [2.45, 2.75) is 75.4 Å². The molecule has 2 heterocycles. The van der Waals surface area contributed by atoms with E-state index in [1.165, 1.54) is 44.9 Å². The molecule has 2 aromatic heterocycles. The summed E-state index contributed by atoms with van der Waals surface area (Å²) in [5, 5.41) is 9.84. The maximum atomic E-state index is 12.4. The molecule has 2 aromatic rings. The van der Waals surface area contributed by atoms with Crippen molar-refractivity contribution in [3.8, 4) is 11.4 Å². The quantitative estimate of drug-likeness (QED) is 0.623. The summed E-state index contributed by atoms with van der Waals surface area (Å²) in [6.07, 6.45) is 15.5. The molecule has 4 rings (SSSR count). The average molecular weight is 385 g/mol. The molecular formula is C21H28N4OS. The zero-order valence-corrected chi connectivity index (χ0v) is 16.7. The van der Waals surface area contributed by atoms with E-state index in [9.17, 15) is 4.79 Å². The number of hydrogen-bond acceptors (Lipinski definition) is 5. The molecule has 0 aliphatic heterocycles. The van der Waals surface area contributed by atoms with Gasteiger partial charge in [0.05, 0.1) is 5.75 Å². The van der Waals surface area contributed by atoms with Gasteiger partial charge >= 0.3 is 0 Å². The van der Waals surface area contributed by atoms with Crippen LogP contribution in [0.1, 0.15) is 70.3 Å². The van der Waals surface area contributed by atoms with Gasteiger partial charge in [0.2, 0.25) is 0 Å². The van der Waals surface area contributed by atoms with E-state index in [4.69, 9.17) is 0 Å². The van der Waals surface area contributed by atoms with E-state index in [-0.39, 0.29) is 0 Å². The number of pyridine rings is 1. The van der Waals surface area contributed by atoms with Crippen molar-refractivity contribution in [3.05, 3.63) is 24.5 Å². The summed E-state index contributed by atoms with van der Waals surface area (Å²) in [4.78, 5) is 16.7. The van der Waals surface area contributed by atoms with Gasteiger partial charge < -0.3 is 0 Å². The number of ketones is 1. The molecule has 27 heavy (non-hydrogen) atoms. The minimum absolute atomic E-state index is 0.355. The Balaban J connectivity index is 1.51. The van der Waals surface area contributed by atoms with Crippen LogP contribution in [-0.2, 0) is 4.79 Å². The number of aromatic nitrogens is 4. The molecule has 2 aliphatic carbocycles. The van der Waals surface area contributed by atoms with Crippen LogP contribution in [0.15, 0.2) is 29.7 Å². The molecule has 0 radical (unpaired) electrons. The normalized spacial score (nSPS) is 18.8. The van der Waals surface area contributed by atoms with E-state index in [1.807, 2.05) is 18.3 Å². The third-order valence-corrected chi connectivity index (χ3v) is 6.88. The van der Waals surface area contributed by atoms with Crippen molar-refractivity contribution >= 4 is 17.5 Å². The number of thioether (sulfide) groups is 1. The highest BCUT2D eigenvalue weighted by atomic mass is 32.2. The molecule has 2 saturated carbocycles. The van der Waals surface area contributed by atoms with Crippen LogP contribution in [0.5, 0.6) is 0 Å². The molecular weight excluding hydrogens is 356 g/mol. The Kier molecular flexibility index (Phi) is 6.22. The van der Waals surface area contributed by atoms with Gasteiger partial charge in [0.25, 0.3) is 0 Å². The predicted molar refractivity (Wildman–Crippen MR) is 108 cm³/mol. The zero-order chi connectivity index (χ0) is 18.5. The lowest BCUT2D eigenvalue weighted by atomic mass is 9.95. The molecule has 0 bridgehead atoms. The standard InChI is InChI=1S/C21H28N4OS/c26-19(13-16-7-4-5-8-16)15-27-21-24-23-20(17-9-6-12-22-14-17)25(21)18-10-2-1-3-11-18/h6,9,12,14,16,18H,1-5,7-8,10-11,13,15H2. The predicted octanol–water partition coefficient (Wildman–Crippen LogP) is 5.09. The Morgan fingerprint density at radius 1 is 1.07 bits per heavy atom. The first-order chi connectivity index (χ1) is 13.3. The molecule has 0 saturated heterocycles. The fraction of sp³-hybridized carbons (Fsp3) is 0.619. The molecule has 0 N–H and O–H groups in total. The summed E-state index contributed by atoms with van der Waals surface area (Å²) in [5.74, 6) is 2.36. The van der Waals surface area contributed by atoms with Gasteiger partial charge in [0.1, 0.15) is 5.78 Å². The number of carbonyl (C=O) groups excluding carboxylic acids is 1. The van der Waals surface area contributed by atoms with Crippen molar-refractivity contribution < 1.29 is 4.79 Å². The number of hydrogen-bond donors (Lipinski definition) is 0. The van der Waals surface area contributed by atoms with E-state index >= 15 is 0 Å². The van der Waals surface area contributed by atoms with Crippen molar-refractivity contribution in [2.24, 2.45) is 5.92 Å². The molecule has 5 nitrogen and oxygen atoms in total. The van der Waals surface area contributed by atoms with E-state index in [1.54, 1.807) is 18.0 Å². The SMILES string of the molecule is O=C(CSc1nnc(-c2cccnc2)n1C1CCCCC1)CC1CCCC1. The second kappa shape index (κ2) is 9.00. The molecule has 144 valence electrons. The van der Waals surface area contributed by atoms with Crippen LogP contribution >= 0.6 is 11.8 Å². The number of carbonyl (C=O) groups is 1. The van der Waals surface area contributed by atoms with Gasteiger partial charge in [-0.25, -0.2) is 0 Å². The maximum absolute atomic E-state index is 12.4. The van der Waals surface area contributed by atoms with Gasteiger partial charge in [-0.2, -0.15) is 0 Å². The Hall–Kier alpha value is -1.69. The molecule has 6 heteroatoms. The molecule has 0 spiro atoms. The van der Waals surface area contributed by atoms with Gasteiger partial charge in [0.15, 0.2) is 11.0 Å². The Bertz CT molecular complexity index is 749. The van der Waals surface area contributed by atoms with Crippen LogP contribution in [0.25, 0.3) is 11.4 Å². The maximum Gasteiger partial charge on any atom is 0.192 e. The molecule has 0 amide bonds. The molecule has 0 unspecified atom stereocenters. The van der Waals surface area contributed by atoms with Gasteiger partial charge in [-0.15, -0.1) is 10.2 Å². The molecule has 0 aromatic carbocycles. The zero-order valence-electron chi connectivity index (χ0n) is 15.8. The largest absolute Gasteiger partial charge is 0.299 e. The minimum atomic E-state index is 0.355. The van der Waals surface area contributed by atoms with Crippen LogP contribution in [0.2, 0.25) is 0 Å². The van der Waals surface area contributed by atoms with Gasteiger partial charge in [-0.3, -0.25) is 14.3 Å². The number of nitrogens with zero attached hydrogens (tertiary/aromatic N) is 4. The molecule has 0 atom stereocenters. The highest BCUT2D eigenvalue weighted by Crippen LogP contribution is 2.36. The molecule has 2 aliphatic rings. The first-order valence-corrected chi connectivity index (χ1v) is 11.3. The number of Topliss-reactive ketones (excluding diaryl/α,β-unsaturated/α-hetero) is 1. The Labute approximate surface area is 165 Å². The number of rotatable bonds is 7. The van der Waals surface area contributed by atoms with Gasteiger partial charge in [0, 0.05) is 30.4 Å². The first kappa shape index (κ1) is 18.7. The summed E-state index contributed by atoms with van der Waals surface area (Å²) in [6, 6.07) is 4.40. The summed E-state index contributed by atoms with van der Waals surface area (Å²) in [6.45, 7) is 0. The second-order valence-corrected chi connectivity index (χ2v) is 8.83. The van der Waals surface area contributed by atoms with E-state index < -0.39 is 0 Å². The third-order valence-electron chi connectivity index (χ3n) is 5.88. The van der Waals surface area contributed by atoms with Crippen LogP contribution < -0.4 is 0 Å². The highest BCUT2D eigenvalue weighted by Gasteiger charge is 2.25. The van der Waals surface area contributed by atoms with Crippen LogP contribution in [0.4, 0.5) is 0 Å². The summed E-state index contributed by atoms with van der Waals surface area (Å²) in [7, 11) is 0. The van der Waals surface area contributed by atoms with Crippen molar-refractivity contribution in [1.82, 2.24) is 19.7 Å². The summed E-state index contributed by atoms with van der Waals surface area (Å²) >= 11 is 1.57. The van der Waals surface area contributed by atoms with Crippen LogP contribution in [0, 0.1) is 5.92 Å². The average Bonchev–Trinajstić information content (AvgIpc) is 3.37. The van der Waals surface area contributed by atoms with Crippen LogP contribution in [-0.4, -0.2) is 31.3 Å². The lowest BCUT2D eigenvalue weighted by Crippen LogP contribution is -2.16. The smallest absolute Gasteiger partial charge is 0.192 e. The lowest BCUT2D eigenvalue weighted by Gasteiger charge is -2.25.